The predicted molar refractivity (Wildman–Crippen MR) is 13.0 cm³/mol. The lowest BCUT2D eigenvalue weighted by atomic mass is 11.8. The van der Waals surface area contributed by atoms with Gasteiger partial charge in [-0.2, -0.15) is 0 Å². The van der Waals surface area contributed by atoms with Crippen molar-refractivity contribution in [2.24, 2.45) is 0 Å². The van der Waals surface area contributed by atoms with Gasteiger partial charge in [0.05, 0.1) is 0 Å². The molecule has 4 heavy (non-hydrogen) atoms. The second-order valence-electron chi connectivity index (χ2n) is 0.180. The maximum absolute atomic E-state index is 8.92. The molecule has 22 valence electrons. The van der Waals surface area contributed by atoms with Crippen molar-refractivity contribution >= 4 is 8.69 Å². The molecule has 2 nitrogen and oxygen atoms in total. The lowest BCUT2D eigenvalue weighted by Crippen LogP contribution is -1.33. The number of rotatable bonds is 1. The molecule has 0 aliphatic carbocycles. The van der Waals surface area contributed by atoms with Gasteiger partial charge >= 0.3 is 8.69 Å². The molecule has 0 rings (SSSR count). The van der Waals surface area contributed by atoms with Crippen molar-refractivity contribution in [3.8, 4) is 0 Å². The third-order valence-electron chi connectivity index (χ3n) is 0.0430. The Labute approximate surface area is 26.1 Å². The SMILES string of the molecule is [CH]OP=O. The third kappa shape index (κ3) is 2.06. The van der Waals surface area contributed by atoms with E-state index in [1.54, 1.807) is 0 Å². The summed E-state index contributed by atoms with van der Waals surface area (Å²) in [5, 5.41) is 0. The molecule has 0 unspecified atom stereocenters. The summed E-state index contributed by atoms with van der Waals surface area (Å²) in [4.78, 5) is 0. The lowest BCUT2D eigenvalue weighted by Gasteiger charge is -1.55. The summed E-state index contributed by atoms with van der Waals surface area (Å²) >= 11 is 0. The van der Waals surface area contributed by atoms with E-state index in [-0.39, 0.29) is 0 Å². The monoisotopic (exact) mass is 76.0 g/mol. The van der Waals surface area contributed by atoms with Gasteiger partial charge in [-0.05, 0) is 0 Å². The Kier molecular flexibility index (Phi) is 3.11. The molecule has 0 spiro atoms. The Morgan fingerprint density at radius 2 is 2.25 bits per heavy atom. The first-order valence-corrected chi connectivity index (χ1v) is 1.33. The molecule has 0 aromatic carbocycles. The van der Waals surface area contributed by atoms with Crippen LogP contribution in [-0.4, -0.2) is 0 Å². The standard InChI is InChI=1S/CHO2P/c1-3-4-2/h1H. The molecule has 0 atom stereocenters. The smallest absolute Gasteiger partial charge is 0.285 e. The first-order valence-electron chi connectivity index (χ1n) is 0.601. The van der Waals surface area contributed by atoms with Crippen LogP contribution in [0.5, 0.6) is 0 Å². The Hall–Kier alpha value is 0.0600. The number of hydrogen-bond donors (Lipinski definition) is 0. The molecular weight excluding hydrogens is 75.0 g/mol. The average molecular weight is 76.0 g/mol. The van der Waals surface area contributed by atoms with Gasteiger partial charge in [-0.25, -0.2) is 4.57 Å². The van der Waals surface area contributed by atoms with Crippen molar-refractivity contribution in [1.82, 2.24) is 0 Å². The lowest BCUT2D eigenvalue weighted by molar-refractivity contribution is 0.478. The fourth-order valence-corrected chi connectivity index (χ4v) is 0. The van der Waals surface area contributed by atoms with Crippen LogP contribution in [0.2, 0.25) is 0 Å². The van der Waals surface area contributed by atoms with Gasteiger partial charge in [0, 0.05) is 0 Å². The van der Waals surface area contributed by atoms with Crippen molar-refractivity contribution in [3.05, 3.63) is 7.11 Å². The summed E-state index contributed by atoms with van der Waals surface area (Å²) in [6, 6.07) is 0. The minimum atomic E-state index is -0.474. The Morgan fingerprint density at radius 3 is 2.25 bits per heavy atom. The predicted octanol–water partition coefficient (Wildman–Crippen LogP) is 0.878. The summed E-state index contributed by atoms with van der Waals surface area (Å²) in [7, 11) is 3.73. The molecule has 0 N–H and O–H groups in total. The zero-order chi connectivity index (χ0) is 3.41. The quantitative estimate of drug-likeness (QED) is 0.433. The van der Waals surface area contributed by atoms with E-state index >= 15 is 0 Å². The molecule has 0 heterocycles. The van der Waals surface area contributed by atoms with Crippen LogP contribution in [-0.2, 0) is 9.09 Å². The summed E-state index contributed by atoms with van der Waals surface area (Å²) < 4.78 is 12.4. The Bertz CT molecular complexity index is 20.0. The van der Waals surface area contributed by atoms with Crippen molar-refractivity contribution in [2.45, 2.75) is 0 Å². The van der Waals surface area contributed by atoms with Gasteiger partial charge in [0.15, 0.2) is 0 Å². The minimum Gasteiger partial charge on any atom is -0.285 e. The fourth-order valence-electron chi connectivity index (χ4n) is 0. The van der Waals surface area contributed by atoms with Crippen LogP contribution in [0.3, 0.4) is 0 Å². The molecule has 0 saturated carbocycles. The van der Waals surface area contributed by atoms with Crippen LogP contribution in [0.25, 0.3) is 0 Å². The molecule has 2 radical (unpaired) electrons. The van der Waals surface area contributed by atoms with E-state index in [4.69, 9.17) is 4.57 Å². The molecule has 0 bridgehead atoms. The van der Waals surface area contributed by atoms with Gasteiger partial charge in [0.2, 0.25) is 0 Å². The van der Waals surface area contributed by atoms with E-state index in [1.165, 1.54) is 0 Å². The molecule has 0 aromatic heterocycles. The van der Waals surface area contributed by atoms with Crippen LogP contribution in [0.4, 0.5) is 0 Å². The van der Waals surface area contributed by atoms with Crippen LogP contribution >= 0.6 is 8.69 Å². The zero-order valence-electron chi connectivity index (χ0n) is 1.84. The molecule has 0 aromatic rings. The van der Waals surface area contributed by atoms with Gasteiger partial charge < -0.3 is 0 Å². The Morgan fingerprint density at radius 1 is 2.00 bits per heavy atom. The highest BCUT2D eigenvalue weighted by atomic mass is 31.1. The molecule has 0 saturated heterocycles. The summed E-state index contributed by atoms with van der Waals surface area (Å²) in [5.74, 6) is 0. The summed E-state index contributed by atoms with van der Waals surface area (Å²) in [6.45, 7) is 0. The van der Waals surface area contributed by atoms with Crippen molar-refractivity contribution < 1.29 is 9.09 Å². The fraction of sp³-hybridized carbons (Fsp3) is 0. The maximum Gasteiger partial charge on any atom is 0.327 e. The molecular formula is CHO2P. The van der Waals surface area contributed by atoms with E-state index in [1.807, 2.05) is 0 Å². The number of hydrogen-bond acceptors (Lipinski definition) is 2. The van der Waals surface area contributed by atoms with E-state index in [0.717, 1.165) is 0 Å². The molecule has 0 fully saturated rings. The van der Waals surface area contributed by atoms with E-state index in [9.17, 15) is 0 Å². The second kappa shape index (κ2) is 3.06. The minimum absolute atomic E-state index is 0.474. The topological polar surface area (TPSA) is 26.3 Å². The molecule has 0 aliphatic rings. The molecule has 0 aliphatic heterocycles. The highest BCUT2D eigenvalue weighted by Gasteiger charge is 1.53. The van der Waals surface area contributed by atoms with Crippen LogP contribution < -0.4 is 0 Å². The Balaban J connectivity index is 2.30. The molecule has 0 amide bonds. The first-order chi connectivity index (χ1) is 1.91. The van der Waals surface area contributed by atoms with E-state index < -0.39 is 8.69 Å². The van der Waals surface area contributed by atoms with Gasteiger partial charge in [-0.15, -0.1) is 0 Å². The van der Waals surface area contributed by atoms with Gasteiger partial charge in [-0.3, -0.25) is 4.52 Å². The zero-order valence-corrected chi connectivity index (χ0v) is 2.74. The first kappa shape index (κ1) is 4.06. The van der Waals surface area contributed by atoms with E-state index in [0.29, 0.717) is 0 Å². The van der Waals surface area contributed by atoms with Crippen molar-refractivity contribution in [2.75, 3.05) is 0 Å². The van der Waals surface area contributed by atoms with Crippen molar-refractivity contribution in [1.29, 1.82) is 0 Å². The molecule has 3 heteroatoms. The third-order valence-corrected chi connectivity index (χ3v) is 0.129. The van der Waals surface area contributed by atoms with Gasteiger partial charge in [0.25, 0.3) is 0 Å². The van der Waals surface area contributed by atoms with Crippen LogP contribution in [0, 0.1) is 7.11 Å². The van der Waals surface area contributed by atoms with Crippen LogP contribution in [0.1, 0.15) is 0 Å². The van der Waals surface area contributed by atoms with E-state index in [2.05, 4.69) is 11.6 Å². The van der Waals surface area contributed by atoms with Gasteiger partial charge in [-0.1, -0.05) is 0 Å². The highest BCUT2D eigenvalue weighted by Crippen LogP contribution is 1.85. The summed E-state index contributed by atoms with van der Waals surface area (Å²) in [5.41, 5.74) is 0. The average Bonchev–Trinajstić information content (AvgIpc) is 1.37. The van der Waals surface area contributed by atoms with Gasteiger partial charge in [0.1, 0.15) is 7.11 Å². The summed E-state index contributed by atoms with van der Waals surface area (Å²) in [6.07, 6.45) is 0. The van der Waals surface area contributed by atoms with Crippen LogP contribution in [0.15, 0.2) is 0 Å². The highest BCUT2D eigenvalue weighted by molar-refractivity contribution is 7.17. The normalized spacial score (nSPS) is 8.25. The largest absolute Gasteiger partial charge is 0.327 e. The second-order valence-corrected chi connectivity index (χ2v) is 0.540. The maximum atomic E-state index is 8.92. The van der Waals surface area contributed by atoms with Crippen molar-refractivity contribution in [3.63, 3.8) is 0 Å².